The van der Waals surface area contributed by atoms with Gasteiger partial charge in [0.2, 0.25) is 0 Å². The first-order valence-electron chi connectivity index (χ1n) is 7.19. The molecule has 1 aromatic heterocycles. The van der Waals surface area contributed by atoms with E-state index in [9.17, 15) is 17.6 Å². The molecule has 0 saturated carbocycles. The maximum Gasteiger partial charge on any atom is 0.434 e. The van der Waals surface area contributed by atoms with Crippen molar-refractivity contribution in [2.75, 3.05) is 13.6 Å². The Kier molecular flexibility index (Phi) is 6.77. The molecule has 0 radical (unpaired) electrons. The number of thiazole rings is 1. The molecule has 0 amide bonds. The normalized spacial score (nSPS) is 12.3. The summed E-state index contributed by atoms with van der Waals surface area (Å²) in [4.78, 5) is 7.58. The first-order chi connectivity index (χ1) is 11.8. The number of benzene rings is 1. The number of hydrogen-bond donors (Lipinski definition) is 2. The largest absolute Gasteiger partial charge is 0.434 e. The Morgan fingerprint density at radius 1 is 1.32 bits per heavy atom. The Balaban J connectivity index is 1.82. The van der Waals surface area contributed by atoms with Gasteiger partial charge in [-0.05, 0) is 23.8 Å². The van der Waals surface area contributed by atoms with Crippen LogP contribution in [-0.4, -0.2) is 24.5 Å². The zero-order chi connectivity index (χ0) is 18.4. The topological polar surface area (TPSA) is 49.3 Å². The Hall–Kier alpha value is -1.68. The SMILES string of the molecule is CN=C(NCCc1nc(C(F)(F)F)cs1)NCc1cc(F)ccc1Br. The van der Waals surface area contributed by atoms with E-state index in [1.54, 1.807) is 13.1 Å². The highest BCUT2D eigenvalue weighted by molar-refractivity contribution is 9.10. The Morgan fingerprint density at radius 3 is 2.72 bits per heavy atom. The molecule has 136 valence electrons. The van der Waals surface area contributed by atoms with E-state index in [2.05, 4.69) is 36.5 Å². The van der Waals surface area contributed by atoms with Gasteiger partial charge in [-0.3, -0.25) is 4.99 Å². The lowest BCUT2D eigenvalue weighted by Crippen LogP contribution is -2.37. The van der Waals surface area contributed by atoms with Crippen LogP contribution in [0.3, 0.4) is 0 Å². The highest BCUT2D eigenvalue weighted by atomic mass is 79.9. The van der Waals surface area contributed by atoms with E-state index < -0.39 is 11.9 Å². The molecule has 0 aliphatic carbocycles. The molecule has 0 atom stereocenters. The number of aliphatic imine (C=N–C) groups is 1. The second-order valence-corrected chi connectivity index (χ2v) is 6.76. The summed E-state index contributed by atoms with van der Waals surface area (Å²) in [5, 5.41) is 7.40. The van der Waals surface area contributed by atoms with Crippen molar-refractivity contribution in [3.05, 3.63) is 50.1 Å². The highest BCUT2D eigenvalue weighted by Gasteiger charge is 2.33. The molecule has 2 rings (SSSR count). The lowest BCUT2D eigenvalue weighted by atomic mass is 10.2. The summed E-state index contributed by atoms with van der Waals surface area (Å²) in [6.07, 6.45) is -4.08. The van der Waals surface area contributed by atoms with Crippen LogP contribution in [0, 0.1) is 5.82 Å². The average molecular weight is 439 g/mol. The van der Waals surface area contributed by atoms with Gasteiger partial charge >= 0.3 is 6.18 Å². The number of nitrogens with one attached hydrogen (secondary N) is 2. The molecule has 0 aliphatic rings. The van der Waals surface area contributed by atoms with Crippen molar-refractivity contribution in [3.8, 4) is 0 Å². The van der Waals surface area contributed by atoms with Crippen LogP contribution >= 0.6 is 27.3 Å². The summed E-state index contributed by atoms with van der Waals surface area (Å²) in [5.74, 6) is 0.121. The van der Waals surface area contributed by atoms with Crippen LogP contribution in [0.15, 0.2) is 33.0 Å². The van der Waals surface area contributed by atoms with E-state index in [1.165, 1.54) is 12.1 Å². The molecule has 0 bridgehead atoms. The first kappa shape index (κ1) is 19.6. The van der Waals surface area contributed by atoms with Crippen LogP contribution in [0.1, 0.15) is 16.3 Å². The molecule has 2 aromatic rings. The zero-order valence-electron chi connectivity index (χ0n) is 13.1. The van der Waals surface area contributed by atoms with Gasteiger partial charge in [0.1, 0.15) is 5.82 Å². The van der Waals surface area contributed by atoms with Crippen molar-refractivity contribution >= 4 is 33.2 Å². The minimum absolute atomic E-state index is 0.338. The standard InChI is InChI=1S/C15H15BrF4N4S/c1-21-14(23-7-9-6-10(17)2-3-11(9)16)22-5-4-13-24-12(8-25-13)15(18,19)20/h2-3,6,8H,4-5,7H2,1H3,(H2,21,22,23). The van der Waals surface area contributed by atoms with Crippen LogP contribution in [0.25, 0.3) is 0 Å². The van der Waals surface area contributed by atoms with Crippen molar-refractivity contribution in [3.63, 3.8) is 0 Å². The summed E-state index contributed by atoms with van der Waals surface area (Å²) in [6.45, 7) is 0.711. The maximum atomic E-state index is 13.2. The zero-order valence-corrected chi connectivity index (χ0v) is 15.5. The molecule has 0 saturated heterocycles. The number of guanidine groups is 1. The second-order valence-electron chi connectivity index (χ2n) is 4.96. The molecule has 2 N–H and O–H groups in total. The van der Waals surface area contributed by atoms with E-state index in [4.69, 9.17) is 0 Å². The Morgan fingerprint density at radius 2 is 2.08 bits per heavy atom. The number of nitrogens with zero attached hydrogens (tertiary/aromatic N) is 2. The molecule has 0 spiro atoms. The van der Waals surface area contributed by atoms with Gasteiger partial charge in [0.15, 0.2) is 11.7 Å². The van der Waals surface area contributed by atoms with E-state index >= 15 is 0 Å². The quantitative estimate of drug-likeness (QED) is 0.421. The van der Waals surface area contributed by atoms with Gasteiger partial charge in [-0.1, -0.05) is 15.9 Å². The maximum absolute atomic E-state index is 13.2. The van der Waals surface area contributed by atoms with Crippen molar-refractivity contribution in [2.45, 2.75) is 19.1 Å². The van der Waals surface area contributed by atoms with E-state index in [1.807, 2.05) is 0 Å². The summed E-state index contributed by atoms with van der Waals surface area (Å²) >= 11 is 4.31. The van der Waals surface area contributed by atoms with E-state index in [0.717, 1.165) is 26.8 Å². The molecule has 25 heavy (non-hydrogen) atoms. The molecule has 1 aromatic carbocycles. The Labute approximate surface area is 154 Å². The smallest absolute Gasteiger partial charge is 0.356 e. The van der Waals surface area contributed by atoms with Crippen molar-refractivity contribution in [1.29, 1.82) is 0 Å². The van der Waals surface area contributed by atoms with Gasteiger partial charge in [-0.15, -0.1) is 11.3 Å². The van der Waals surface area contributed by atoms with E-state index in [-0.39, 0.29) is 5.82 Å². The third-order valence-corrected chi connectivity index (χ3v) is 4.83. The first-order valence-corrected chi connectivity index (χ1v) is 8.87. The van der Waals surface area contributed by atoms with E-state index in [0.29, 0.717) is 30.5 Å². The highest BCUT2D eigenvalue weighted by Crippen LogP contribution is 2.30. The number of rotatable bonds is 5. The van der Waals surface area contributed by atoms with Gasteiger partial charge in [0.05, 0.1) is 5.01 Å². The van der Waals surface area contributed by atoms with Crippen molar-refractivity contribution in [1.82, 2.24) is 15.6 Å². The van der Waals surface area contributed by atoms with Gasteiger partial charge in [-0.2, -0.15) is 13.2 Å². The molecule has 0 fully saturated rings. The predicted molar refractivity (Wildman–Crippen MR) is 93.1 cm³/mol. The van der Waals surface area contributed by atoms with Gasteiger partial charge in [-0.25, -0.2) is 9.37 Å². The molecular formula is C15H15BrF4N4S. The molecule has 1 heterocycles. The van der Waals surface area contributed by atoms with Crippen molar-refractivity contribution < 1.29 is 17.6 Å². The molecular weight excluding hydrogens is 424 g/mol. The molecule has 0 unspecified atom stereocenters. The third-order valence-electron chi connectivity index (χ3n) is 3.15. The fraction of sp³-hybridized carbons (Fsp3) is 0.333. The number of aromatic nitrogens is 1. The lowest BCUT2D eigenvalue weighted by molar-refractivity contribution is -0.140. The van der Waals surface area contributed by atoms with Crippen LogP contribution in [0.2, 0.25) is 0 Å². The molecule has 4 nitrogen and oxygen atoms in total. The molecule has 10 heteroatoms. The van der Waals surface area contributed by atoms with Crippen LogP contribution in [-0.2, 0) is 19.1 Å². The summed E-state index contributed by atoms with van der Waals surface area (Å²) in [5.41, 5.74) is -0.149. The predicted octanol–water partition coefficient (Wildman–Crippen LogP) is 3.97. The van der Waals surface area contributed by atoms with Gasteiger partial charge in [0, 0.05) is 36.4 Å². The van der Waals surface area contributed by atoms with Crippen molar-refractivity contribution in [2.24, 2.45) is 4.99 Å². The summed E-state index contributed by atoms with van der Waals surface area (Å²) in [7, 11) is 1.57. The second kappa shape index (κ2) is 8.61. The summed E-state index contributed by atoms with van der Waals surface area (Å²) in [6, 6.07) is 4.37. The third kappa shape index (κ3) is 5.96. The summed E-state index contributed by atoms with van der Waals surface area (Å²) < 4.78 is 51.5. The monoisotopic (exact) mass is 438 g/mol. The number of halogens is 5. The van der Waals surface area contributed by atoms with Gasteiger partial charge in [0.25, 0.3) is 0 Å². The fourth-order valence-corrected chi connectivity index (χ4v) is 3.11. The Bertz CT molecular complexity index is 745. The number of hydrogen-bond acceptors (Lipinski definition) is 3. The molecule has 0 aliphatic heterocycles. The minimum Gasteiger partial charge on any atom is -0.356 e. The lowest BCUT2D eigenvalue weighted by Gasteiger charge is -2.12. The number of alkyl halides is 3. The van der Waals surface area contributed by atoms with Crippen LogP contribution in [0.4, 0.5) is 17.6 Å². The average Bonchev–Trinajstić information content (AvgIpc) is 3.03. The minimum atomic E-state index is -4.42. The van der Waals surface area contributed by atoms with Crippen LogP contribution < -0.4 is 10.6 Å². The van der Waals surface area contributed by atoms with Crippen LogP contribution in [0.5, 0.6) is 0 Å². The van der Waals surface area contributed by atoms with Gasteiger partial charge < -0.3 is 10.6 Å². The fourth-order valence-electron chi connectivity index (χ4n) is 1.92.